The maximum Gasteiger partial charge on any atom is 0.249 e. The monoisotopic (exact) mass is 203 g/mol. The molecule has 0 aromatic rings. The van der Waals surface area contributed by atoms with Crippen molar-refractivity contribution in [1.82, 2.24) is 5.06 Å². The highest BCUT2D eigenvalue weighted by molar-refractivity contribution is 6.22. The number of halogens is 1. The molecule has 4 heteroatoms. The minimum Gasteiger partial charge on any atom is -0.275 e. The Bertz CT molecular complexity index is 218. The van der Waals surface area contributed by atoms with E-state index in [-0.39, 0.29) is 17.2 Å². The normalized spacial score (nSPS) is 27.3. The molecule has 2 atom stereocenters. The SMILES string of the molecule is CON(C)C(=O)[C@@H]1CC=C[C@@H](Cl)C1. The van der Waals surface area contributed by atoms with Crippen molar-refractivity contribution in [2.24, 2.45) is 5.92 Å². The van der Waals surface area contributed by atoms with Crippen LogP contribution in [0.15, 0.2) is 12.2 Å². The fourth-order valence-electron chi connectivity index (χ4n) is 1.39. The van der Waals surface area contributed by atoms with E-state index in [0.717, 1.165) is 6.42 Å². The summed E-state index contributed by atoms with van der Waals surface area (Å²) in [6, 6.07) is 0. The molecule has 0 aromatic heterocycles. The predicted molar refractivity (Wildman–Crippen MR) is 51.3 cm³/mol. The molecule has 3 nitrogen and oxygen atoms in total. The molecule has 0 saturated heterocycles. The second-order valence-corrected chi connectivity index (χ2v) is 3.69. The van der Waals surface area contributed by atoms with Crippen molar-refractivity contribution in [3.05, 3.63) is 12.2 Å². The van der Waals surface area contributed by atoms with Crippen molar-refractivity contribution >= 4 is 17.5 Å². The molecule has 0 unspecified atom stereocenters. The van der Waals surface area contributed by atoms with Gasteiger partial charge in [0.1, 0.15) is 0 Å². The third-order valence-electron chi connectivity index (χ3n) is 2.21. The lowest BCUT2D eigenvalue weighted by molar-refractivity contribution is -0.173. The fraction of sp³-hybridized carbons (Fsp3) is 0.667. The van der Waals surface area contributed by atoms with Gasteiger partial charge in [0.2, 0.25) is 5.91 Å². The van der Waals surface area contributed by atoms with Crippen LogP contribution in [0.5, 0.6) is 0 Å². The number of rotatable bonds is 2. The van der Waals surface area contributed by atoms with Gasteiger partial charge in [-0.3, -0.25) is 9.63 Å². The molecule has 0 N–H and O–H groups in total. The van der Waals surface area contributed by atoms with Crippen LogP contribution in [0, 0.1) is 5.92 Å². The van der Waals surface area contributed by atoms with Gasteiger partial charge in [0.05, 0.1) is 12.5 Å². The summed E-state index contributed by atoms with van der Waals surface area (Å²) in [5, 5.41) is 1.24. The summed E-state index contributed by atoms with van der Waals surface area (Å²) in [5.41, 5.74) is 0. The lowest BCUT2D eigenvalue weighted by Crippen LogP contribution is -2.33. The summed E-state index contributed by atoms with van der Waals surface area (Å²) in [6.07, 6.45) is 5.34. The highest BCUT2D eigenvalue weighted by Gasteiger charge is 2.25. The molecule has 1 rings (SSSR count). The smallest absolute Gasteiger partial charge is 0.249 e. The third-order valence-corrected chi connectivity index (χ3v) is 2.53. The van der Waals surface area contributed by atoms with E-state index in [1.807, 2.05) is 12.2 Å². The number of carbonyl (C=O) groups is 1. The number of carbonyl (C=O) groups excluding carboxylic acids is 1. The molecule has 1 amide bonds. The minimum absolute atomic E-state index is 0.00231. The van der Waals surface area contributed by atoms with Crippen LogP contribution in [0.2, 0.25) is 0 Å². The Labute approximate surface area is 83.3 Å². The number of allylic oxidation sites excluding steroid dienone is 2. The molecule has 74 valence electrons. The standard InChI is InChI=1S/C9H14ClNO2/c1-11(13-2)9(12)7-4-3-5-8(10)6-7/h3,5,7-8H,4,6H2,1-2H3/t7-,8-/m1/s1. The Morgan fingerprint density at radius 1 is 1.69 bits per heavy atom. The average Bonchev–Trinajstić information content (AvgIpc) is 2.15. The van der Waals surface area contributed by atoms with Gasteiger partial charge in [-0.25, -0.2) is 5.06 Å². The number of hydrogen-bond donors (Lipinski definition) is 0. The molecule has 13 heavy (non-hydrogen) atoms. The summed E-state index contributed by atoms with van der Waals surface area (Å²) in [6.45, 7) is 0. The Morgan fingerprint density at radius 2 is 2.38 bits per heavy atom. The van der Waals surface area contributed by atoms with E-state index >= 15 is 0 Å². The molecular weight excluding hydrogens is 190 g/mol. The summed E-state index contributed by atoms with van der Waals surface area (Å²) in [4.78, 5) is 16.4. The molecule has 0 bridgehead atoms. The molecule has 0 heterocycles. The van der Waals surface area contributed by atoms with Gasteiger partial charge < -0.3 is 0 Å². The van der Waals surface area contributed by atoms with Crippen LogP contribution in [0.3, 0.4) is 0 Å². The van der Waals surface area contributed by atoms with Crippen molar-refractivity contribution in [2.75, 3.05) is 14.2 Å². The minimum atomic E-state index is -0.0301. The van der Waals surface area contributed by atoms with Crippen LogP contribution < -0.4 is 0 Å². The van der Waals surface area contributed by atoms with Crippen molar-refractivity contribution < 1.29 is 9.63 Å². The van der Waals surface area contributed by atoms with E-state index in [1.54, 1.807) is 7.05 Å². The zero-order chi connectivity index (χ0) is 9.84. The van der Waals surface area contributed by atoms with Crippen LogP contribution >= 0.6 is 11.6 Å². The van der Waals surface area contributed by atoms with E-state index in [4.69, 9.17) is 16.4 Å². The molecule has 1 aliphatic rings. The highest BCUT2D eigenvalue weighted by atomic mass is 35.5. The van der Waals surface area contributed by atoms with Gasteiger partial charge in [0.25, 0.3) is 0 Å². The van der Waals surface area contributed by atoms with E-state index in [9.17, 15) is 4.79 Å². The summed E-state index contributed by atoms with van der Waals surface area (Å²) in [7, 11) is 3.10. The van der Waals surface area contributed by atoms with Gasteiger partial charge in [-0.15, -0.1) is 11.6 Å². The molecule has 0 spiro atoms. The number of hydrogen-bond acceptors (Lipinski definition) is 2. The third kappa shape index (κ3) is 2.71. The molecule has 1 aliphatic carbocycles. The van der Waals surface area contributed by atoms with Crippen molar-refractivity contribution in [2.45, 2.75) is 18.2 Å². The fourth-order valence-corrected chi connectivity index (χ4v) is 1.70. The van der Waals surface area contributed by atoms with Gasteiger partial charge in [-0.05, 0) is 12.8 Å². The molecule has 0 fully saturated rings. The maximum absolute atomic E-state index is 11.6. The Balaban J connectivity index is 2.53. The van der Waals surface area contributed by atoms with Gasteiger partial charge in [-0.2, -0.15) is 0 Å². The molecule has 0 aromatic carbocycles. The average molecular weight is 204 g/mol. The van der Waals surface area contributed by atoms with Crippen LogP contribution in [0.25, 0.3) is 0 Å². The number of hydroxylamine groups is 2. The van der Waals surface area contributed by atoms with Crippen molar-refractivity contribution in [3.63, 3.8) is 0 Å². The number of nitrogens with zero attached hydrogens (tertiary/aromatic N) is 1. The van der Waals surface area contributed by atoms with E-state index < -0.39 is 0 Å². The van der Waals surface area contributed by atoms with E-state index in [2.05, 4.69) is 0 Å². The van der Waals surface area contributed by atoms with Crippen molar-refractivity contribution in [3.8, 4) is 0 Å². The predicted octanol–water partition coefficient (Wildman–Crippen LogP) is 1.58. The van der Waals surface area contributed by atoms with Gasteiger partial charge in [-0.1, -0.05) is 12.2 Å². The van der Waals surface area contributed by atoms with Crippen LogP contribution in [-0.2, 0) is 9.63 Å². The van der Waals surface area contributed by atoms with Crippen LogP contribution in [0.1, 0.15) is 12.8 Å². The lowest BCUT2D eigenvalue weighted by Gasteiger charge is -2.24. The van der Waals surface area contributed by atoms with Crippen LogP contribution in [0.4, 0.5) is 0 Å². The first-order valence-corrected chi connectivity index (χ1v) is 4.71. The number of alkyl halides is 1. The van der Waals surface area contributed by atoms with Gasteiger partial charge in [0, 0.05) is 13.0 Å². The number of amides is 1. The Morgan fingerprint density at radius 3 is 2.92 bits per heavy atom. The zero-order valence-corrected chi connectivity index (χ0v) is 8.62. The van der Waals surface area contributed by atoms with Crippen molar-refractivity contribution in [1.29, 1.82) is 0 Å². The molecule has 0 radical (unpaired) electrons. The molecular formula is C9H14ClNO2. The molecule has 0 aliphatic heterocycles. The Kier molecular flexibility index (Phi) is 3.75. The topological polar surface area (TPSA) is 29.5 Å². The molecule has 0 saturated carbocycles. The summed E-state index contributed by atoms with van der Waals surface area (Å²) in [5.74, 6) is -0.0325. The zero-order valence-electron chi connectivity index (χ0n) is 7.87. The first-order valence-electron chi connectivity index (χ1n) is 4.27. The van der Waals surface area contributed by atoms with Gasteiger partial charge in [0.15, 0.2) is 0 Å². The van der Waals surface area contributed by atoms with E-state index in [0.29, 0.717) is 6.42 Å². The van der Waals surface area contributed by atoms with E-state index in [1.165, 1.54) is 12.2 Å². The maximum atomic E-state index is 11.6. The van der Waals surface area contributed by atoms with Crippen LogP contribution in [-0.4, -0.2) is 30.5 Å². The second-order valence-electron chi connectivity index (χ2n) is 3.13. The second kappa shape index (κ2) is 4.63. The lowest BCUT2D eigenvalue weighted by atomic mass is 9.93. The summed E-state index contributed by atoms with van der Waals surface area (Å²) < 4.78 is 0. The highest BCUT2D eigenvalue weighted by Crippen LogP contribution is 2.23. The Hall–Kier alpha value is -0.540. The van der Waals surface area contributed by atoms with Gasteiger partial charge >= 0.3 is 0 Å². The largest absolute Gasteiger partial charge is 0.275 e. The summed E-state index contributed by atoms with van der Waals surface area (Å²) >= 11 is 5.90. The first kappa shape index (κ1) is 10.5. The quantitative estimate of drug-likeness (QED) is 0.388. The first-order chi connectivity index (χ1) is 6.15.